The average Bonchev–Trinajstić information content (AvgIpc) is 2.25. The van der Waals surface area contributed by atoms with Gasteiger partial charge in [0.1, 0.15) is 5.56 Å². The first-order valence-corrected chi connectivity index (χ1v) is 4.76. The van der Waals surface area contributed by atoms with Gasteiger partial charge in [-0.1, -0.05) is 6.07 Å². The van der Waals surface area contributed by atoms with Gasteiger partial charge in [0.15, 0.2) is 5.78 Å². The number of carbonyl (C=O) groups is 1. The lowest BCUT2D eigenvalue weighted by molar-refractivity contribution is -0.385. The Morgan fingerprint density at radius 3 is 2.41 bits per heavy atom. The normalized spacial score (nSPS) is 11.3. The summed E-state index contributed by atoms with van der Waals surface area (Å²) in [7, 11) is 0. The topological polar surface area (TPSA) is 60.2 Å². The lowest BCUT2D eigenvalue weighted by Crippen LogP contribution is -2.16. The summed E-state index contributed by atoms with van der Waals surface area (Å²) in [5, 5.41) is 10.6. The van der Waals surface area contributed by atoms with Crippen LogP contribution in [0.25, 0.3) is 0 Å². The molecule has 0 saturated carbocycles. The molecule has 0 N–H and O–H groups in total. The maximum Gasteiger partial charge on any atom is 0.417 e. The number of alkyl halides is 4. The van der Waals surface area contributed by atoms with Crippen LogP contribution in [0.2, 0.25) is 0 Å². The Bertz CT molecular complexity index is 473. The second-order valence-corrected chi connectivity index (χ2v) is 3.28. The summed E-state index contributed by atoms with van der Waals surface area (Å²) < 4.78 is 37.7. The first-order chi connectivity index (χ1) is 7.79. The zero-order valence-electron chi connectivity index (χ0n) is 8.12. The quantitative estimate of drug-likeness (QED) is 0.366. The first kappa shape index (κ1) is 13.4. The molecule has 0 aromatic heterocycles. The van der Waals surface area contributed by atoms with Crippen LogP contribution in [-0.2, 0) is 6.18 Å². The van der Waals surface area contributed by atoms with Crippen molar-refractivity contribution >= 4 is 23.1 Å². The van der Waals surface area contributed by atoms with Crippen LogP contribution in [0.5, 0.6) is 0 Å². The van der Waals surface area contributed by atoms with Crippen LogP contribution in [0.15, 0.2) is 18.2 Å². The molecule has 0 aliphatic rings. The molecule has 0 spiro atoms. The summed E-state index contributed by atoms with van der Waals surface area (Å²) in [5.41, 5.74) is -3.25. The highest BCUT2D eigenvalue weighted by atomic mass is 35.5. The Hall–Kier alpha value is -1.63. The summed E-state index contributed by atoms with van der Waals surface area (Å²) >= 11 is 5.15. The van der Waals surface area contributed by atoms with Gasteiger partial charge >= 0.3 is 6.18 Å². The Morgan fingerprint density at radius 1 is 1.41 bits per heavy atom. The third-order valence-electron chi connectivity index (χ3n) is 1.94. The summed E-state index contributed by atoms with van der Waals surface area (Å²) in [6.45, 7) is 0. The van der Waals surface area contributed by atoms with Crippen LogP contribution in [0, 0.1) is 10.1 Å². The average molecular weight is 268 g/mol. The molecule has 0 amide bonds. The monoisotopic (exact) mass is 267 g/mol. The van der Waals surface area contributed by atoms with Crippen LogP contribution in [0.1, 0.15) is 15.9 Å². The minimum Gasteiger partial charge on any atom is -0.293 e. The second kappa shape index (κ2) is 4.70. The minimum absolute atomic E-state index is 0.604. The van der Waals surface area contributed by atoms with Crippen LogP contribution in [0.4, 0.5) is 18.9 Å². The molecule has 0 bridgehead atoms. The Kier molecular flexibility index (Phi) is 3.72. The van der Waals surface area contributed by atoms with Gasteiger partial charge in [-0.2, -0.15) is 13.2 Å². The molecule has 1 aromatic carbocycles. The van der Waals surface area contributed by atoms with E-state index in [1.165, 1.54) is 0 Å². The molecule has 0 fully saturated rings. The van der Waals surface area contributed by atoms with Crippen LogP contribution < -0.4 is 0 Å². The maximum atomic E-state index is 12.6. The summed E-state index contributed by atoms with van der Waals surface area (Å²) in [6, 6.07) is 2.30. The third kappa shape index (κ3) is 2.73. The number of nitrogens with zero attached hydrogens (tertiary/aromatic N) is 1. The van der Waals surface area contributed by atoms with Crippen LogP contribution in [-0.4, -0.2) is 16.6 Å². The van der Waals surface area contributed by atoms with E-state index in [1.807, 2.05) is 0 Å². The van der Waals surface area contributed by atoms with Gasteiger partial charge in [-0.3, -0.25) is 14.9 Å². The number of nitro benzene ring substituents is 1. The van der Waals surface area contributed by atoms with E-state index < -0.39 is 39.6 Å². The van der Waals surface area contributed by atoms with Crippen molar-refractivity contribution in [1.29, 1.82) is 0 Å². The molecule has 0 aliphatic heterocycles. The summed E-state index contributed by atoms with van der Waals surface area (Å²) in [4.78, 5) is 20.8. The summed E-state index contributed by atoms with van der Waals surface area (Å²) in [5.74, 6) is -1.89. The van der Waals surface area contributed by atoms with Gasteiger partial charge < -0.3 is 0 Å². The fraction of sp³-hybridized carbons (Fsp3) is 0.222. The predicted molar refractivity (Wildman–Crippen MR) is 53.1 cm³/mol. The lowest BCUT2D eigenvalue weighted by Gasteiger charge is -2.11. The molecule has 1 aromatic rings. The number of halogens is 4. The van der Waals surface area contributed by atoms with Crippen molar-refractivity contribution in [1.82, 2.24) is 0 Å². The van der Waals surface area contributed by atoms with Crippen molar-refractivity contribution in [2.24, 2.45) is 0 Å². The molecule has 0 radical (unpaired) electrons. The van der Waals surface area contributed by atoms with Crippen molar-refractivity contribution in [2.75, 3.05) is 5.88 Å². The molecule has 0 saturated heterocycles. The molecular formula is C9H5ClF3NO3. The van der Waals surface area contributed by atoms with E-state index in [4.69, 9.17) is 11.6 Å². The van der Waals surface area contributed by atoms with E-state index in [2.05, 4.69) is 0 Å². The Morgan fingerprint density at radius 2 is 2.00 bits per heavy atom. The predicted octanol–water partition coefficient (Wildman–Crippen LogP) is 3.04. The SMILES string of the molecule is O=C(CCl)c1c([N+](=O)[O-])cccc1C(F)(F)F. The smallest absolute Gasteiger partial charge is 0.293 e. The minimum atomic E-state index is -4.84. The fourth-order valence-electron chi connectivity index (χ4n) is 1.29. The highest BCUT2D eigenvalue weighted by molar-refractivity contribution is 6.31. The lowest BCUT2D eigenvalue weighted by atomic mass is 10.0. The number of Topliss-reactive ketones (excluding diaryl/α,β-unsaturated/α-hetero) is 1. The second-order valence-electron chi connectivity index (χ2n) is 3.01. The summed E-state index contributed by atoms with van der Waals surface area (Å²) in [6.07, 6.45) is -4.84. The van der Waals surface area contributed by atoms with E-state index in [0.29, 0.717) is 6.07 Å². The Balaban J connectivity index is 3.57. The zero-order chi connectivity index (χ0) is 13.2. The van der Waals surface area contributed by atoms with E-state index >= 15 is 0 Å². The van der Waals surface area contributed by atoms with Crippen molar-refractivity contribution in [3.05, 3.63) is 39.4 Å². The van der Waals surface area contributed by atoms with E-state index in [1.54, 1.807) is 0 Å². The largest absolute Gasteiger partial charge is 0.417 e. The molecule has 92 valence electrons. The number of ketones is 1. The third-order valence-corrected chi connectivity index (χ3v) is 2.19. The molecule has 8 heteroatoms. The molecule has 1 rings (SSSR count). The highest BCUT2D eigenvalue weighted by Gasteiger charge is 2.38. The van der Waals surface area contributed by atoms with Gasteiger partial charge in [0.2, 0.25) is 0 Å². The first-order valence-electron chi connectivity index (χ1n) is 4.22. The van der Waals surface area contributed by atoms with E-state index in [0.717, 1.165) is 12.1 Å². The van der Waals surface area contributed by atoms with Crippen molar-refractivity contribution in [2.45, 2.75) is 6.18 Å². The van der Waals surface area contributed by atoms with Crippen molar-refractivity contribution in [3.63, 3.8) is 0 Å². The van der Waals surface area contributed by atoms with Gasteiger partial charge in [0.25, 0.3) is 5.69 Å². The number of nitro groups is 1. The number of benzene rings is 1. The number of rotatable bonds is 3. The molecule has 0 heterocycles. The number of hydrogen-bond donors (Lipinski definition) is 0. The van der Waals surface area contributed by atoms with E-state index in [9.17, 15) is 28.1 Å². The molecular weight excluding hydrogens is 263 g/mol. The van der Waals surface area contributed by atoms with Crippen LogP contribution >= 0.6 is 11.6 Å². The van der Waals surface area contributed by atoms with Gasteiger partial charge in [-0.05, 0) is 6.07 Å². The maximum absolute atomic E-state index is 12.6. The molecule has 0 atom stereocenters. The highest BCUT2D eigenvalue weighted by Crippen LogP contribution is 2.36. The number of hydrogen-bond acceptors (Lipinski definition) is 3. The Labute approximate surface area is 98.1 Å². The van der Waals surface area contributed by atoms with Crippen molar-refractivity contribution < 1.29 is 22.9 Å². The van der Waals surface area contributed by atoms with Gasteiger partial charge in [0.05, 0.1) is 16.4 Å². The van der Waals surface area contributed by atoms with Gasteiger partial charge in [-0.25, -0.2) is 0 Å². The zero-order valence-corrected chi connectivity index (χ0v) is 8.88. The van der Waals surface area contributed by atoms with Gasteiger partial charge in [-0.15, -0.1) is 11.6 Å². The molecule has 4 nitrogen and oxygen atoms in total. The molecule has 17 heavy (non-hydrogen) atoms. The number of carbonyl (C=O) groups excluding carboxylic acids is 1. The van der Waals surface area contributed by atoms with Crippen molar-refractivity contribution in [3.8, 4) is 0 Å². The van der Waals surface area contributed by atoms with E-state index in [-0.39, 0.29) is 0 Å². The standard InChI is InChI=1S/C9H5ClF3NO3/c10-4-7(15)8-5(9(11,12)13)2-1-3-6(8)14(16)17/h1-3H,4H2. The van der Waals surface area contributed by atoms with Crippen LogP contribution in [0.3, 0.4) is 0 Å². The molecule has 0 unspecified atom stereocenters. The molecule has 0 aliphatic carbocycles. The fourth-order valence-corrected chi connectivity index (χ4v) is 1.42. The van der Waals surface area contributed by atoms with Gasteiger partial charge in [0, 0.05) is 6.07 Å².